The summed E-state index contributed by atoms with van der Waals surface area (Å²) in [5.41, 5.74) is 0.768. The van der Waals surface area contributed by atoms with Crippen LogP contribution in [0.2, 0.25) is 0 Å². The number of H-pyrrole nitrogens is 1. The van der Waals surface area contributed by atoms with Crippen molar-refractivity contribution in [2.24, 2.45) is 0 Å². The van der Waals surface area contributed by atoms with E-state index >= 15 is 0 Å². The molecule has 1 aliphatic heterocycles. The third kappa shape index (κ3) is 2.32. The number of rotatable bonds is 1. The zero-order valence-corrected chi connectivity index (χ0v) is 11.0. The monoisotopic (exact) mass is 272 g/mol. The largest absolute Gasteiger partial charge is 0.391 e. The Labute approximate surface area is 115 Å². The van der Waals surface area contributed by atoms with E-state index in [1.807, 2.05) is 6.07 Å². The van der Waals surface area contributed by atoms with Crippen molar-refractivity contribution >= 4 is 16.8 Å². The summed E-state index contributed by atoms with van der Waals surface area (Å²) in [6, 6.07) is 8.45. The molecule has 1 aromatic carbocycles. The van der Waals surface area contributed by atoms with Gasteiger partial charge in [0.2, 0.25) is 0 Å². The Balaban J connectivity index is 1.97. The number of amides is 1. The van der Waals surface area contributed by atoms with Crippen molar-refractivity contribution < 1.29 is 9.90 Å². The Morgan fingerprint density at radius 1 is 1.35 bits per heavy atom. The summed E-state index contributed by atoms with van der Waals surface area (Å²) in [5.74, 6) is -0.230. The Hall–Kier alpha value is -2.14. The summed E-state index contributed by atoms with van der Waals surface area (Å²) in [4.78, 5) is 29.0. The van der Waals surface area contributed by atoms with Crippen LogP contribution in [-0.4, -0.2) is 40.1 Å². The van der Waals surface area contributed by atoms with E-state index < -0.39 is 6.10 Å². The van der Waals surface area contributed by atoms with Crippen LogP contribution < -0.4 is 5.43 Å². The number of pyridine rings is 1. The number of hydrogen-bond acceptors (Lipinski definition) is 3. The third-order valence-corrected chi connectivity index (χ3v) is 3.65. The van der Waals surface area contributed by atoms with Crippen LogP contribution >= 0.6 is 0 Å². The Bertz CT molecular complexity index is 708. The smallest absolute Gasteiger partial charge is 0.270 e. The minimum atomic E-state index is -0.472. The summed E-state index contributed by atoms with van der Waals surface area (Å²) < 4.78 is 0. The molecule has 1 saturated heterocycles. The van der Waals surface area contributed by atoms with Gasteiger partial charge in [-0.1, -0.05) is 12.1 Å². The number of β-amino-alcohol motifs (C(OH)–C–C–N with tert-alkyl or cyclic N) is 1. The average Bonchev–Trinajstić information content (AvgIpc) is 2.46. The highest BCUT2D eigenvalue weighted by atomic mass is 16.3. The van der Waals surface area contributed by atoms with Gasteiger partial charge in [0.05, 0.1) is 6.10 Å². The maximum Gasteiger partial charge on any atom is 0.270 e. The molecular weight excluding hydrogens is 256 g/mol. The molecule has 0 aliphatic carbocycles. The summed E-state index contributed by atoms with van der Waals surface area (Å²) >= 11 is 0. The molecular formula is C15H16N2O3. The zero-order chi connectivity index (χ0) is 14.1. The number of aliphatic hydroxyl groups is 1. The second kappa shape index (κ2) is 5.09. The Morgan fingerprint density at radius 2 is 2.15 bits per heavy atom. The standard InChI is InChI=1S/C15H16N2O3/c18-10-4-3-7-17(9-10)15(20)13-8-14(19)11-5-1-2-6-12(11)16-13/h1-2,5-6,8,10,18H,3-4,7,9H2,(H,16,19)/t10-/m0/s1. The second-order valence-corrected chi connectivity index (χ2v) is 5.14. The molecule has 2 N–H and O–H groups in total. The van der Waals surface area contributed by atoms with Crippen molar-refractivity contribution in [2.45, 2.75) is 18.9 Å². The SMILES string of the molecule is O=C(c1cc(=O)c2ccccc2[nH]1)N1CCC[C@H](O)C1. The molecule has 3 rings (SSSR count). The van der Waals surface area contributed by atoms with Gasteiger partial charge in [-0.3, -0.25) is 9.59 Å². The van der Waals surface area contributed by atoms with E-state index in [0.29, 0.717) is 24.0 Å². The summed E-state index contributed by atoms with van der Waals surface area (Å²) in [5, 5.41) is 10.2. The van der Waals surface area contributed by atoms with Crippen LogP contribution in [0.5, 0.6) is 0 Å². The number of piperidine rings is 1. The van der Waals surface area contributed by atoms with Crippen molar-refractivity contribution in [2.75, 3.05) is 13.1 Å². The Morgan fingerprint density at radius 3 is 2.95 bits per heavy atom. The van der Waals surface area contributed by atoms with E-state index in [2.05, 4.69) is 4.98 Å². The van der Waals surface area contributed by atoms with E-state index in [9.17, 15) is 14.7 Å². The number of nitrogens with one attached hydrogen (secondary N) is 1. The molecule has 0 radical (unpaired) electrons. The van der Waals surface area contributed by atoms with Crippen LogP contribution in [-0.2, 0) is 0 Å². The van der Waals surface area contributed by atoms with Crippen LogP contribution in [0.25, 0.3) is 10.9 Å². The van der Waals surface area contributed by atoms with Gasteiger partial charge in [0.25, 0.3) is 5.91 Å². The second-order valence-electron chi connectivity index (χ2n) is 5.14. The van der Waals surface area contributed by atoms with Crippen LogP contribution in [0, 0.1) is 0 Å². The number of aromatic amines is 1. The van der Waals surface area contributed by atoms with Gasteiger partial charge in [0.15, 0.2) is 5.43 Å². The van der Waals surface area contributed by atoms with Crippen LogP contribution in [0.1, 0.15) is 23.3 Å². The average molecular weight is 272 g/mol. The van der Waals surface area contributed by atoms with Gasteiger partial charge in [0.1, 0.15) is 5.69 Å². The van der Waals surface area contributed by atoms with Gasteiger partial charge < -0.3 is 15.0 Å². The molecule has 20 heavy (non-hydrogen) atoms. The number of hydrogen-bond donors (Lipinski definition) is 2. The lowest BCUT2D eigenvalue weighted by molar-refractivity contribution is 0.0469. The van der Waals surface area contributed by atoms with Gasteiger partial charge in [-0.05, 0) is 25.0 Å². The number of fused-ring (bicyclic) bond motifs is 1. The van der Waals surface area contributed by atoms with Crippen LogP contribution in [0.15, 0.2) is 35.1 Å². The molecule has 1 aromatic heterocycles. The van der Waals surface area contributed by atoms with E-state index in [1.165, 1.54) is 6.07 Å². The van der Waals surface area contributed by atoms with E-state index in [4.69, 9.17) is 0 Å². The highest BCUT2D eigenvalue weighted by Gasteiger charge is 2.23. The highest BCUT2D eigenvalue weighted by molar-refractivity contribution is 5.94. The molecule has 5 heteroatoms. The molecule has 0 bridgehead atoms. The third-order valence-electron chi connectivity index (χ3n) is 3.65. The first kappa shape index (κ1) is 12.9. The minimum absolute atomic E-state index is 0.166. The number of carbonyl (C=O) groups excluding carboxylic acids is 1. The lowest BCUT2D eigenvalue weighted by atomic mass is 10.1. The molecule has 1 amide bonds. The van der Waals surface area contributed by atoms with Crippen molar-refractivity contribution in [3.8, 4) is 0 Å². The molecule has 0 saturated carbocycles. The maximum atomic E-state index is 12.4. The summed E-state index contributed by atoms with van der Waals surface area (Å²) in [7, 11) is 0. The fourth-order valence-corrected chi connectivity index (χ4v) is 2.62. The molecule has 0 spiro atoms. The van der Waals surface area contributed by atoms with E-state index in [1.54, 1.807) is 23.1 Å². The number of nitrogens with zero attached hydrogens (tertiary/aromatic N) is 1. The molecule has 2 heterocycles. The molecule has 1 fully saturated rings. The molecule has 1 aliphatic rings. The van der Waals surface area contributed by atoms with Crippen molar-refractivity contribution in [1.82, 2.24) is 9.88 Å². The summed E-state index contributed by atoms with van der Waals surface area (Å²) in [6.45, 7) is 0.943. The Kier molecular flexibility index (Phi) is 3.28. The van der Waals surface area contributed by atoms with Gasteiger partial charge in [0, 0.05) is 30.1 Å². The quantitative estimate of drug-likeness (QED) is 0.817. The van der Waals surface area contributed by atoms with Gasteiger partial charge in [-0.2, -0.15) is 0 Å². The molecule has 104 valence electrons. The topological polar surface area (TPSA) is 73.4 Å². The summed E-state index contributed by atoms with van der Waals surface area (Å²) in [6.07, 6.45) is 1.03. The highest BCUT2D eigenvalue weighted by Crippen LogP contribution is 2.14. The number of carbonyl (C=O) groups is 1. The van der Waals surface area contributed by atoms with Crippen LogP contribution in [0.4, 0.5) is 0 Å². The molecule has 5 nitrogen and oxygen atoms in total. The first-order valence-electron chi connectivity index (χ1n) is 6.74. The number of likely N-dealkylation sites (tertiary alicyclic amines) is 1. The van der Waals surface area contributed by atoms with E-state index in [-0.39, 0.29) is 17.0 Å². The maximum absolute atomic E-state index is 12.4. The number of benzene rings is 1. The lowest BCUT2D eigenvalue weighted by Crippen LogP contribution is -2.42. The zero-order valence-electron chi connectivity index (χ0n) is 11.0. The first-order chi connectivity index (χ1) is 9.65. The van der Waals surface area contributed by atoms with Crippen molar-refractivity contribution in [3.63, 3.8) is 0 Å². The van der Waals surface area contributed by atoms with Gasteiger partial charge >= 0.3 is 0 Å². The predicted octanol–water partition coefficient (Wildman–Crippen LogP) is 1.12. The van der Waals surface area contributed by atoms with Gasteiger partial charge in [-0.15, -0.1) is 0 Å². The lowest BCUT2D eigenvalue weighted by Gasteiger charge is -2.30. The first-order valence-corrected chi connectivity index (χ1v) is 6.74. The van der Waals surface area contributed by atoms with Crippen molar-refractivity contribution in [3.05, 3.63) is 46.2 Å². The predicted molar refractivity (Wildman–Crippen MR) is 75.7 cm³/mol. The fourth-order valence-electron chi connectivity index (χ4n) is 2.62. The van der Waals surface area contributed by atoms with Crippen LogP contribution in [0.3, 0.4) is 0 Å². The normalized spacial score (nSPS) is 19.2. The number of aliphatic hydroxyl groups excluding tert-OH is 1. The van der Waals surface area contributed by atoms with Gasteiger partial charge in [-0.25, -0.2) is 0 Å². The number of aromatic nitrogens is 1. The van der Waals surface area contributed by atoms with E-state index in [0.717, 1.165) is 12.8 Å². The molecule has 1 atom stereocenters. The fraction of sp³-hybridized carbons (Fsp3) is 0.333. The minimum Gasteiger partial charge on any atom is -0.391 e. The number of para-hydroxylation sites is 1. The van der Waals surface area contributed by atoms with Crippen molar-refractivity contribution in [1.29, 1.82) is 0 Å². The molecule has 2 aromatic rings. The molecule has 0 unspecified atom stereocenters.